The Morgan fingerprint density at radius 3 is 2.96 bits per heavy atom. The van der Waals surface area contributed by atoms with Gasteiger partial charge in [-0.05, 0) is 23.6 Å². The van der Waals surface area contributed by atoms with Gasteiger partial charge in [0, 0.05) is 21.7 Å². The average Bonchev–Trinajstić information content (AvgIpc) is 3.26. The largest absolute Gasteiger partial charge is 0.324 e. The Bertz CT molecular complexity index is 992. The van der Waals surface area contributed by atoms with Gasteiger partial charge in [0.05, 0.1) is 29.5 Å². The van der Waals surface area contributed by atoms with Gasteiger partial charge in [0.25, 0.3) is 0 Å². The second-order valence-electron chi connectivity index (χ2n) is 5.30. The van der Waals surface area contributed by atoms with Gasteiger partial charge in [-0.3, -0.25) is 9.78 Å². The maximum atomic E-state index is 12.2. The van der Waals surface area contributed by atoms with E-state index in [0.29, 0.717) is 5.69 Å². The highest BCUT2D eigenvalue weighted by Gasteiger charge is 2.10. The summed E-state index contributed by atoms with van der Waals surface area (Å²) in [6, 6.07) is 11.8. The van der Waals surface area contributed by atoms with Crippen molar-refractivity contribution in [3.63, 3.8) is 0 Å². The summed E-state index contributed by atoms with van der Waals surface area (Å²) in [5, 5.41) is 10.9. The fourth-order valence-corrected chi connectivity index (χ4v) is 3.95. The number of carbonyl (C=O) groups excluding carboxylic acids is 1. The SMILES string of the molecule is O=C(Cc1csc(-c2ccsc2)n1)Nc1cnc2ccccc2c1. The van der Waals surface area contributed by atoms with Crippen molar-refractivity contribution < 1.29 is 4.79 Å². The zero-order chi connectivity index (χ0) is 16.4. The van der Waals surface area contributed by atoms with Crippen LogP contribution in [0, 0.1) is 0 Å². The van der Waals surface area contributed by atoms with E-state index >= 15 is 0 Å². The number of para-hydroxylation sites is 1. The maximum Gasteiger partial charge on any atom is 0.230 e. The third-order valence-corrected chi connectivity index (χ3v) is 5.16. The van der Waals surface area contributed by atoms with Crippen LogP contribution in [0.3, 0.4) is 0 Å². The maximum absolute atomic E-state index is 12.2. The molecule has 3 aromatic heterocycles. The Kier molecular flexibility index (Phi) is 4.06. The average molecular weight is 351 g/mol. The molecular weight excluding hydrogens is 338 g/mol. The molecule has 4 rings (SSSR count). The molecular formula is C18H13N3OS2. The number of benzene rings is 1. The summed E-state index contributed by atoms with van der Waals surface area (Å²) in [5.41, 5.74) is 3.50. The number of anilines is 1. The van der Waals surface area contributed by atoms with E-state index in [0.717, 1.165) is 27.2 Å². The first-order chi connectivity index (χ1) is 11.8. The number of nitrogens with zero attached hydrogens (tertiary/aromatic N) is 2. The standard InChI is InChI=1S/C18H13N3OS2/c22-17(8-15-11-24-18(21-15)13-5-6-23-10-13)20-14-7-12-3-1-2-4-16(12)19-9-14/h1-7,9-11H,8H2,(H,20,22). The Morgan fingerprint density at radius 2 is 2.08 bits per heavy atom. The zero-order valence-corrected chi connectivity index (χ0v) is 14.2. The van der Waals surface area contributed by atoms with E-state index in [1.54, 1.807) is 28.9 Å². The summed E-state index contributed by atoms with van der Waals surface area (Å²) in [7, 11) is 0. The zero-order valence-electron chi connectivity index (χ0n) is 12.6. The number of thiazole rings is 1. The van der Waals surface area contributed by atoms with Crippen molar-refractivity contribution in [3.05, 3.63) is 64.4 Å². The lowest BCUT2D eigenvalue weighted by Crippen LogP contribution is -2.14. The molecule has 0 fully saturated rings. The number of thiophene rings is 1. The molecule has 0 saturated heterocycles. The molecule has 4 nitrogen and oxygen atoms in total. The summed E-state index contributed by atoms with van der Waals surface area (Å²) >= 11 is 3.20. The van der Waals surface area contributed by atoms with Gasteiger partial charge in [-0.1, -0.05) is 18.2 Å². The molecule has 0 radical (unpaired) electrons. The highest BCUT2D eigenvalue weighted by atomic mass is 32.1. The second-order valence-corrected chi connectivity index (χ2v) is 6.94. The van der Waals surface area contributed by atoms with Crippen LogP contribution in [0.4, 0.5) is 5.69 Å². The van der Waals surface area contributed by atoms with Crippen LogP contribution < -0.4 is 5.32 Å². The molecule has 0 bridgehead atoms. The van der Waals surface area contributed by atoms with Crippen molar-refractivity contribution in [2.45, 2.75) is 6.42 Å². The minimum Gasteiger partial charge on any atom is -0.324 e. The summed E-state index contributed by atoms with van der Waals surface area (Å²) in [5.74, 6) is -0.0887. The molecule has 3 heterocycles. The molecule has 24 heavy (non-hydrogen) atoms. The van der Waals surface area contributed by atoms with E-state index in [4.69, 9.17) is 0 Å². The Labute approximate surface area is 146 Å². The molecule has 0 aliphatic heterocycles. The van der Waals surface area contributed by atoms with E-state index < -0.39 is 0 Å². The van der Waals surface area contributed by atoms with Crippen LogP contribution in [-0.2, 0) is 11.2 Å². The van der Waals surface area contributed by atoms with Crippen LogP contribution in [0.2, 0.25) is 0 Å². The second kappa shape index (κ2) is 6.51. The fraction of sp³-hybridized carbons (Fsp3) is 0.0556. The smallest absolute Gasteiger partial charge is 0.230 e. The van der Waals surface area contributed by atoms with E-state index in [9.17, 15) is 4.79 Å². The number of hydrogen-bond donors (Lipinski definition) is 1. The van der Waals surface area contributed by atoms with Crippen molar-refractivity contribution in [1.29, 1.82) is 0 Å². The van der Waals surface area contributed by atoms with Crippen LogP contribution in [0.15, 0.2) is 58.7 Å². The van der Waals surface area contributed by atoms with Gasteiger partial charge < -0.3 is 5.32 Å². The van der Waals surface area contributed by atoms with Gasteiger partial charge in [0.2, 0.25) is 5.91 Å². The third kappa shape index (κ3) is 3.20. The van der Waals surface area contributed by atoms with Gasteiger partial charge in [0.15, 0.2) is 0 Å². The molecule has 6 heteroatoms. The van der Waals surface area contributed by atoms with E-state index in [1.165, 1.54) is 0 Å². The molecule has 0 unspecified atom stereocenters. The first kappa shape index (κ1) is 15.0. The van der Waals surface area contributed by atoms with E-state index in [1.807, 2.05) is 47.2 Å². The fourth-order valence-electron chi connectivity index (χ4n) is 2.42. The van der Waals surface area contributed by atoms with Crippen LogP contribution >= 0.6 is 22.7 Å². The van der Waals surface area contributed by atoms with Gasteiger partial charge >= 0.3 is 0 Å². The highest BCUT2D eigenvalue weighted by Crippen LogP contribution is 2.26. The lowest BCUT2D eigenvalue weighted by Gasteiger charge is -2.05. The predicted molar refractivity (Wildman–Crippen MR) is 99.5 cm³/mol. The van der Waals surface area contributed by atoms with E-state index in [-0.39, 0.29) is 12.3 Å². The van der Waals surface area contributed by atoms with Crippen LogP contribution in [0.1, 0.15) is 5.69 Å². The third-order valence-electron chi connectivity index (χ3n) is 3.54. The molecule has 0 atom stereocenters. The number of hydrogen-bond acceptors (Lipinski definition) is 5. The number of pyridine rings is 1. The Hall–Kier alpha value is -2.57. The molecule has 0 saturated carbocycles. The minimum absolute atomic E-state index is 0.0887. The summed E-state index contributed by atoms with van der Waals surface area (Å²) < 4.78 is 0. The lowest BCUT2D eigenvalue weighted by atomic mass is 10.2. The Balaban J connectivity index is 1.46. The molecule has 0 aliphatic rings. The lowest BCUT2D eigenvalue weighted by molar-refractivity contribution is -0.115. The number of aromatic nitrogens is 2. The monoisotopic (exact) mass is 351 g/mol. The molecule has 4 aromatic rings. The Morgan fingerprint density at radius 1 is 1.17 bits per heavy atom. The molecule has 0 spiro atoms. The van der Waals surface area contributed by atoms with Crippen molar-refractivity contribution in [2.24, 2.45) is 0 Å². The molecule has 1 amide bonds. The van der Waals surface area contributed by atoms with Crippen LogP contribution in [0.25, 0.3) is 21.5 Å². The minimum atomic E-state index is -0.0887. The van der Waals surface area contributed by atoms with Crippen molar-refractivity contribution in [2.75, 3.05) is 5.32 Å². The first-order valence-electron chi connectivity index (χ1n) is 7.39. The van der Waals surface area contributed by atoms with Crippen molar-refractivity contribution in [1.82, 2.24) is 9.97 Å². The summed E-state index contributed by atoms with van der Waals surface area (Å²) in [4.78, 5) is 21.1. The topological polar surface area (TPSA) is 54.9 Å². The molecule has 1 N–H and O–H groups in total. The predicted octanol–water partition coefficient (Wildman–Crippen LogP) is 4.60. The normalized spacial score (nSPS) is 10.8. The number of amides is 1. The summed E-state index contributed by atoms with van der Waals surface area (Å²) in [6.07, 6.45) is 1.94. The molecule has 1 aromatic carbocycles. The molecule has 0 aliphatic carbocycles. The molecule has 118 valence electrons. The first-order valence-corrected chi connectivity index (χ1v) is 9.22. The van der Waals surface area contributed by atoms with E-state index in [2.05, 4.69) is 20.7 Å². The summed E-state index contributed by atoms with van der Waals surface area (Å²) in [6.45, 7) is 0. The van der Waals surface area contributed by atoms with Gasteiger partial charge in [-0.2, -0.15) is 11.3 Å². The quantitative estimate of drug-likeness (QED) is 0.584. The number of carbonyl (C=O) groups is 1. The van der Waals surface area contributed by atoms with Gasteiger partial charge in [-0.25, -0.2) is 4.98 Å². The number of fused-ring (bicyclic) bond motifs is 1. The number of rotatable bonds is 4. The van der Waals surface area contributed by atoms with Crippen LogP contribution in [-0.4, -0.2) is 15.9 Å². The van der Waals surface area contributed by atoms with Crippen molar-refractivity contribution in [3.8, 4) is 10.6 Å². The van der Waals surface area contributed by atoms with Gasteiger partial charge in [-0.15, -0.1) is 11.3 Å². The highest BCUT2D eigenvalue weighted by molar-refractivity contribution is 7.14. The van der Waals surface area contributed by atoms with Gasteiger partial charge in [0.1, 0.15) is 5.01 Å². The van der Waals surface area contributed by atoms with Crippen LogP contribution in [0.5, 0.6) is 0 Å². The van der Waals surface area contributed by atoms with Crippen molar-refractivity contribution >= 4 is 45.2 Å². The number of nitrogens with one attached hydrogen (secondary N) is 1.